The van der Waals surface area contributed by atoms with E-state index < -0.39 is 12.1 Å². The number of aromatic nitrogens is 2. The predicted molar refractivity (Wildman–Crippen MR) is 74.9 cm³/mol. The minimum Gasteiger partial charge on any atom is -0.467 e. The topological polar surface area (TPSA) is 84.3 Å². The molecule has 1 aliphatic rings. The van der Waals surface area contributed by atoms with Crippen molar-refractivity contribution in [1.29, 1.82) is 0 Å². The molecule has 1 amide bonds. The minimum absolute atomic E-state index is 0.134. The number of aliphatic hydroxyl groups is 1. The Morgan fingerprint density at radius 2 is 2.19 bits per heavy atom. The Morgan fingerprint density at radius 3 is 3.00 bits per heavy atom. The van der Waals surface area contributed by atoms with Crippen molar-refractivity contribution >= 4 is 5.91 Å². The Hall–Kier alpha value is -2.47. The average molecular weight is 285 g/mol. The normalized spacial score (nSPS) is 19.9. The number of carbonyl (C=O) groups is 1. The van der Waals surface area contributed by atoms with Crippen LogP contribution in [0.2, 0.25) is 0 Å². The van der Waals surface area contributed by atoms with Gasteiger partial charge in [0.1, 0.15) is 5.69 Å². The molecular formula is C15H15N3O3. The highest BCUT2D eigenvalue weighted by Crippen LogP contribution is 2.31. The van der Waals surface area contributed by atoms with Crippen molar-refractivity contribution in [3.8, 4) is 6.01 Å². The van der Waals surface area contributed by atoms with Gasteiger partial charge in [0, 0.05) is 12.6 Å². The number of benzene rings is 1. The number of nitrogens with zero attached hydrogens (tertiary/aromatic N) is 2. The fourth-order valence-electron chi connectivity index (χ4n) is 2.53. The van der Waals surface area contributed by atoms with E-state index in [4.69, 9.17) is 4.74 Å². The molecule has 0 saturated carbocycles. The molecule has 0 bridgehead atoms. The molecule has 108 valence electrons. The van der Waals surface area contributed by atoms with E-state index in [0.29, 0.717) is 6.42 Å². The smallest absolute Gasteiger partial charge is 0.316 e. The molecule has 2 N–H and O–H groups in total. The zero-order chi connectivity index (χ0) is 14.8. The van der Waals surface area contributed by atoms with Crippen molar-refractivity contribution in [2.45, 2.75) is 18.6 Å². The van der Waals surface area contributed by atoms with Gasteiger partial charge >= 0.3 is 6.01 Å². The standard InChI is InChI=1S/C15H15N3O3/c1-21-15-16-7-6-11(17-15)14(20)18-13-10-5-3-2-4-9(10)8-12(13)19/h2-7,12-13,19H,8H2,1H3,(H,18,20)/t12-,13+/m0/s1. The summed E-state index contributed by atoms with van der Waals surface area (Å²) in [6.07, 6.45) is 1.36. The van der Waals surface area contributed by atoms with Gasteiger partial charge in [-0.25, -0.2) is 4.98 Å². The van der Waals surface area contributed by atoms with Crippen LogP contribution in [-0.2, 0) is 6.42 Å². The maximum absolute atomic E-state index is 12.3. The maximum Gasteiger partial charge on any atom is 0.316 e. The van der Waals surface area contributed by atoms with Crippen molar-refractivity contribution in [3.63, 3.8) is 0 Å². The van der Waals surface area contributed by atoms with Crippen LogP contribution in [0, 0.1) is 0 Å². The van der Waals surface area contributed by atoms with Crippen molar-refractivity contribution < 1.29 is 14.6 Å². The van der Waals surface area contributed by atoms with E-state index in [9.17, 15) is 9.90 Å². The Morgan fingerprint density at radius 1 is 1.38 bits per heavy atom. The second-order valence-electron chi connectivity index (χ2n) is 4.85. The molecule has 6 nitrogen and oxygen atoms in total. The van der Waals surface area contributed by atoms with Gasteiger partial charge in [-0.3, -0.25) is 4.79 Å². The van der Waals surface area contributed by atoms with Crippen LogP contribution in [0.4, 0.5) is 0 Å². The number of methoxy groups -OCH3 is 1. The van der Waals surface area contributed by atoms with Crippen LogP contribution >= 0.6 is 0 Å². The van der Waals surface area contributed by atoms with Crippen LogP contribution in [0.25, 0.3) is 0 Å². The van der Waals surface area contributed by atoms with Crippen LogP contribution in [0.5, 0.6) is 6.01 Å². The Labute approximate surface area is 121 Å². The van der Waals surface area contributed by atoms with E-state index >= 15 is 0 Å². The Kier molecular flexibility index (Phi) is 3.53. The molecule has 1 heterocycles. The lowest BCUT2D eigenvalue weighted by Gasteiger charge is -2.17. The first kappa shape index (κ1) is 13.5. The molecule has 1 aliphatic carbocycles. The van der Waals surface area contributed by atoms with Gasteiger partial charge in [-0.05, 0) is 17.2 Å². The molecule has 21 heavy (non-hydrogen) atoms. The first-order chi connectivity index (χ1) is 10.2. The average Bonchev–Trinajstić information content (AvgIpc) is 2.83. The van der Waals surface area contributed by atoms with Crippen LogP contribution < -0.4 is 10.1 Å². The lowest BCUT2D eigenvalue weighted by molar-refractivity contribution is 0.0852. The molecule has 6 heteroatoms. The van der Waals surface area contributed by atoms with Gasteiger partial charge in [0.05, 0.1) is 19.3 Å². The van der Waals surface area contributed by atoms with Gasteiger partial charge in [0.25, 0.3) is 5.91 Å². The van der Waals surface area contributed by atoms with E-state index in [1.807, 2.05) is 24.3 Å². The maximum atomic E-state index is 12.3. The Bertz CT molecular complexity index is 675. The van der Waals surface area contributed by atoms with Gasteiger partial charge in [-0.15, -0.1) is 0 Å². The quantitative estimate of drug-likeness (QED) is 0.874. The molecule has 0 fully saturated rings. The lowest BCUT2D eigenvalue weighted by atomic mass is 10.1. The third kappa shape index (κ3) is 2.57. The van der Waals surface area contributed by atoms with Crippen LogP contribution in [0.1, 0.15) is 27.7 Å². The summed E-state index contributed by atoms with van der Waals surface area (Å²) in [6.45, 7) is 0. The minimum atomic E-state index is -0.630. The molecule has 0 aliphatic heterocycles. The summed E-state index contributed by atoms with van der Waals surface area (Å²) in [5.41, 5.74) is 2.20. The third-order valence-electron chi connectivity index (χ3n) is 3.54. The van der Waals surface area contributed by atoms with Crippen molar-refractivity contribution in [3.05, 3.63) is 53.3 Å². The summed E-state index contributed by atoms with van der Waals surface area (Å²) in [5, 5.41) is 13.0. The molecule has 2 aromatic rings. The number of amides is 1. The molecule has 0 radical (unpaired) electrons. The molecular weight excluding hydrogens is 270 g/mol. The number of nitrogens with one attached hydrogen (secondary N) is 1. The number of rotatable bonds is 3. The summed E-state index contributed by atoms with van der Waals surface area (Å²) < 4.78 is 4.90. The van der Waals surface area contributed by atoms with Crippen LogP contribution in [0.15, 0.2) is 36.5 Å². The molecule has 0 unspecified atom stereocenters. The summed E-state index contributed by atoms with van der Waals surface area (Å²) in [5.74, 6) is -0.364. The summed E-state index contributed by atoms with van der Waals surface area (Å²) in [6, 6.07) is 8.90. The van der Waals surface area contributed by atoms with Crippen molar-refractivity contribution in [2.24, 2.45) is 0 Å². The molecule has 1 aromatic heterocycles. The fraction of sp³-hybridized carbons (Fsp3) is 0.267. The molecule has 2 atom stereocenters. The monoisotopic (exact) mass is 285 g/mol. The van der Waals surface area contributed by atoms with Crippen LogP contribution in [0.3, 0.4) is 0 Å². The third-order valence-corrected chi connectivity index (χ3v) is 3.54. The molecule has 1 aromatic carbocycles. The number of hydrogen-bond donors (Lipinski definition) is 2. The van der Waals surface area contributed by atoms with E-state index in [1.165, 1.54) is 19.4 Å². The van der Waals surface area contributed by atoms with E-state index in [1.54, 1.807) is 0 Å². The van der Waals surface area contributed by atoms with Crippen molar-refractivity contribution in [1.82, 2.24) is 15.3 Å². The summed E-state index contributed by atoms with van der Waals surface area (Å²) in [7, 11) is 1.44. The van der Waals surface area contributed by atoms with Gasteiger partial charge in [-0.2, -0.15) is 4.98 Å². The van der Waals surface area contributed by atoms with Crippen LogP contribution in [-0.4, -0.2) is 34.2 Å². The fourth-order valence-corrected chi connectivity index (χ4v) is 2.53. The number of carbonyl (C=O) groups excluding carboxylic acids is 1. The second kappa shape index (κ2) is 5.49. The number of ether oxygens (including phenoxy) is 1. The highest BCUT2D eigenvalue weighted by atomic mass is 16.5. The molecule has 0 spiro atoms. The Balaban J connectivity index is 1.81. The summed E-state index contributed by atoms with van der Waals surface area (Å²) >= 11 is 0. The number of hydrogen-bond acceptors (Lipinski definition) is 5. The van der Waals surface area contributed by atoms with Gasteiger partial charge in [0.15, 0.2) is 0 Å². The largest absolute Gasteiger partial charge is 0.467 e. The first-order valence-corrected chi connectivity index (χ1v) is 6.63. The molecule has 0 saturated heterocycles. The zero-order valence-electron chi connectivity index (χ0n) is 11.5. The van der Waals surface area contributed by atoms with Gasteiger partial charge in [-0.1, -0.05) is 24.3 Å². The predicted octanol–water partition coefficient (Wildman–Crippen LogP) is 0.873. The SMILES string of the molecule is COc1nccc(C(=O)N[C@@H]2c3ccccc3C[C@@H]2O)n1. The van der Waals surface area contributed by atoms with Crippen molar-refractivity contribution in [2.75, 3.05) is 7.11 Å². The van der Waals surface area contributed by atoms with E-state index in [2.05, 4.69) is 15.3 Å². The highest BCUT2D eigenvalue weighted by Gasteiger charge is 2.32. The number of fused-ring (bicyclic) bond motifs is 1. The number of aliphatic hydroxyl groups excluding tert-OH is 1. The summed E-state index contributed by atoms with van der Waals surface area (Å²) in [4.78, 5) is 20.1. The molecule has 3 rings (SSSR count). The van der Waals surface area contributed by atoms with Gasteiger partial charge < -0.3 is 15.2 Å². The van der Waals surface area contributed by atoms with E-state index in [-0.39, 0.29) is 17.6 Å². The van der Waals surface area contributed by atoms with Gasteiger partial charge in [0.2, 0.25) is 0 Å². The first-order valence-electron chi connectivity index (χ1n) is 6.63. The van der Waals surface area contributed by atoms with E-state index in [0.717, 1.165) is 11.1 Å². The lowest BCUT2D eigenvalue weighted by Crippen LogP contribution is -2.34. The second-order valence-corrected chi connectivity index (χ2v) is 4.85. The zero-order valence-corrected chi connectivity index (χ0v) is 11.5. The highest BCUT2D eigenvalue weighted by molar-refractivity contribution is 5.92.